The van der Waals surface area contributed by atoms with Crippen molar-refractivity contribution in [3.05, 3.63) is 23.8 Å². The van der Waals surface area contributed by atoms with E-state index in [0.717, 1.165) is 49.2 Å². The Hall–Kier alpha value is -1.22. The first-order valence-electron chi connectivity index (χ1n) is 7.24. The number of guanidine groups is 1. The number of nitrogens with one attached hydrogen (secondary N) is 2. The Morgan fingerprint density at radius 1 is 1.27 bits per heavy atom. The first-order chi connectivity index (χ1) is 10.3. The van der Waals surface area contributed by atoms with Crippen LogP contribution < -0.4 is 20.1 Å². The van der Waals surface area contributed by atoms with Crippen molar-refractivity contribution in [2.45, 2.75) is 19.9 Å². The molecule has 6 nitrogen and oxygen atoms in total. The van der Waals surface area contributed by atoms with Crippen molar-refractivity contribution >= 4 is 29.9 Å². The summed E-state index contributed by atoms with van der Waals surface area (Å²) in [6.45, 7) is 5.34. The molecule has 1 aliphatic heterocycles. The summed E-state index contributed by atoms with van der Waals surface area (Å²) in [6.07, 6.45) is 0.957. The second-order valence-electron chi connectivity index (χ2n) is 4.59. The van der Waals surface area contributed by atoms with E-state index in [2.05, 4.69) is 15.6 Å². The van der Waals surface area contributed by atoms with Gasteiger partial charge in [0.05, 0.1) is 0 Å². The number of hydrogen-bond donors (Lipinski definition) is 2. The van der Waals surface area contributed by atoms with Gasteiger partial charge in [0.25, 0.3) is 0 Å². The summed E-state index contributed by atoms with van der Waals surface area (Å²) >= 11 is 0. The van der Waals surface area contributed by atoms with Crippen LogP contribution in [-0.2, 0) is 11.3 Å². The molecule has 2 rings (SSSR count). The molecule has 0 radical (unpaired) electrons. The molecule has 22 heavy (non-hydrogen) atoms. The standard InChI is InChI=1S/C15H23N3O3.HI/c1-3-19-8-4-7-17-15(16-2)18-10-12-5-6-13-14(9-12)21-11-20-13;/h5-6,9H,3-4,7-8,10-11H2,1-2H3,(H2,16,17,18);1H. The van der Waals surface area contributed by atoms with Crippen LogP contribution in [0.25, 0.3) is 0 Å². The van der Waals surface area contributed by atoms with Crippen LogP contribution in [0.2, 0.25) is 0 Å². The number of rotatable bonds is 7. The highest BCUT2D eigenvalue weighted by molar-refractivity contribution is 14.0. The van der Waals surface area contributed by atoms with E-state index in [1.165, 1.54) is 0 Å². The van der Waals surface area contributed by atoms with Crippen LogP contribution in [0.5, 0.6) is 11.5 Å². The van der Waals surface area contributed by atoms with Gasteiger partial charge >= 0.3 is 0 Å². The van der Waals surface area contributed by atoms with Crippen LogP contribution in [0.15, 0.2) is 23.2 Å². The minimum absolute atomic E-state index is 0. The fourth-order valence-corrected chi connectivity index (χ4v) is 1.98. The van der Waals surface area contributed by atoms with Gasteiger partial charge in [0, 0.05) is 33.4 Å². The van der Waals surface area contributed by atoms with Crippen molar-refractivity contribution in [1.29, 1.82) is 0 Å². The number of hydrogen-bond acceptors (Lipinski definition) is 4. The van der Waals surface area contributed by atoms with E-state index in [0.29, 0.717) is 13.3 Å². The van der Waals surface area contributed by atoms with Gasteiger partial charge in [0.2, 0.25) is 6.79 Å². The van der Waals surface area contributed by atoms with E-state index < -0.39 is 0 Å². The topological polar surface area (TPSA) is 64.1 Å². The van der Waals surface area contributed by atoms with Gasteiger partial charge < -0.3 is 24.8 Å². The molecule has 1 heterocycles. The first kappa shape index (κ1) is 18.8. The van der Waals surface area contributed by atoms with Crippen molar-refractivity contribution in [2.75, 3.05) is 33.6 Å². The number of aliphatic imine (C=N–C) groups is 1. The van der Waals surface area contributed by atoms with Gasteiger partial charge in [0.15, 0.2) is 17.5 Å². The molecule has 0 fully saturated rings. The van der Waals surface area contributed by atoms with Gasteiger partial charge in [-0.2, -0.15) is 0 Å². The monoisotopic (exact) mass is 421 g/mol. The smallest absolute Gasteiger partial charge is 0.231 e. The largest absolute Gasteiger partial charge is 0.454 e. The second-order valence-corrected chi connectivity index (χ2v) is 4.59. The van der Waals surface area contributed by atoms with Crippen molar-refractivity contribution in [3.8, 4) is 11.5 Å². The van der Waals surface area contributed by atoms with E-state index in [9.17, 15) is 0 Å². The van der Waals surface area contributed by atoms with Crippen LogP contribution in [0.3, 0.4) is 0 Å². The third-order valence-corrected chi connectivity index (χ3v) is 3.08. The van der Waals surface area contributed by atoms with E-state index in [4.69, 9.17) is 14.2 Å². The maximum atomic E-state index is 5.36. The van der Waals surface area contributed by atoms with Crippen LogP contribution in [0, 0.1) is 0 Å². The molecule has 1 aliphatic rings. The number of benzene rings is 1. The summed E-state index contributed by atoms with van der Waals surface area (Å²) in [7, 11) is 1.76. The third kappa shape index (κ3) is 5.88. The second kappa shape index (κ2) is 10.5. The molecular formula is C15H24IN3O3. The van der Waals surface area contributed by atoms with Crippen molar-refractivity contribution in [1.82, 2.24) is 10.6 Å². The summed E-state index contributed by atoms with van der Waals surface area (Å²) in [5, 5.41) is 6.52. The Bertz CT molecular complexity index is 483. The lowest BCUT2D eigenvalue weighted by molar-refractivity contribution is 0.145. The zero-order chi connectivity index (χ0) is 14.9. The number of halogens is 1. The van der Waals surface area contributed by atoms with Gasteiger partial charge in [-0.15, -0.1) is 24.0 Å². The lowest BCUT2D eigenvalue weighted by Crippen LogP contribution is -2.37. The summed E-state index contributed by atoms with van der Waals surface area (Å²) in [6, 6.07) is 5.93. The molecule has 0 spiro atoms. The Morgan fingerprint density at radius 2 is 2.09 bits per heavy atom. The highest BCUT2D eigenvalue weighted by atomic mass is 127. The molecule has 0 saturated heterocycles. The van der Waals surface area contributed by atoms with Crippen molar-refractivity contribution < 1.29 is 14.2 Å². The van der Waals surface area contributed by atoms with Crippen molar-refractivity contribution in [2.24, 2.45) is 4.99 Å². The Morgan fingerprint density at radius 3 is 2.86 bits per heavy atom. The number of ether oxygens (including phenoxy) is 3. The van der Waals surface area contributed by atoms with Gasteiger partial charge in [-0.25, -0.2) is 0 Å². The molecule has 0 aliphatic carbocycles. The van der Waals surface area contributed by atoms with Gasteiger partial charge in [-0.1, -0.05) is 6.07 Å². The van der Waals surface area contributed by atoms with Crippen LogP contribution in [0.1, 0.15) is 18.9 Å². The predicted molar refractivity (Wildman–Crippen MR) is 97.3 cm³/mol. The molecule has 1 aromatic rings. The average Bonchev–Trinajstić information content (AvgIpc) is 2.97. The lowest BCUT2D eigenvalue weighted by Gasteiger charge is -2.12. The van der Waals surface area contributed by atoms with Crippen molar-refractivity contribution in [3.63, 3.8) is 0 Å². The molecule has 0 saturated carbocycles. The Kier molecular flexibility index (Phi) is 8.98. The van der Waals surface area contributed by atoms with Crippen LogP contribution in [0.4, 0.5) is 0 Å². The maximum absolute atomic E-state index is 5.36. The first-order valence-corrected chi connectivity index (χ1v) is 7.24. The molecular weight excluding hydrogens is 397 g/mol. The third-order valence-electron chi connectivity index (χ3n) is 3.08. The molecule has 0 bridgehead atoms. The summed E-state index contributed by atoms with van der Waals surface area (Å²) in [5.41, 5.74) is 1.12. The zero-order valence-corrected chi connectivity index (χ0v) is 15.4. The maximum Gasteiger partial charge on any atom is 0.231 e. The molecule has 0 atom stereocenters. The molecule has 2 N–H and O–H groups in total. The zero-order valence-electron chi connectivity index (χ0n) is 13.1. The minimum atomic E-state index is 0. The molecule has 124 valence electrons. The number of fused-ring (bicyclic) bond motifs is 1. The normalized spacial score (nSPS) is 12.7. The summed E-state index contributed by atoms with van der Waals surface area (Å²) in [5.74, 6) is 2.38. The minimum Gasteiger partial charge on any atom is -0.454 e. The van der Waals surface area contributed by atoms with E-state index in [1.54, 1.807) is 7.05 Å². The Labute approximate surface area is 148 Å². The molecule has 1 aromatic carbocycles. The summed E-state index contributed by atoms with van der Waals surface area (Å²) in [4.78, 5) is 4.19. The van der Waals surface area contributed by atoms with Crippen LogP contribution in [-0.4, -0.2) is 39.6 Å². The highest BCUT2D eigenvalue weighted by Crippen LogP contribution is 2.32. The number of nitrogens with zero attached hydrogens (tertiary/aromatic N) is 1. The summed E-state index contributed by atoms with van der Waals surface area (Å²) < 4.78 is 16.0. The predicted octanol–water partition coefficient (Wildman–Crippen LogP) is 2.12. The van der Waals surface area contributed by atoms with E-state index >= 15 is 0 Å². The highest BCUT2D eigenvalue weighted by Gasteiger charge is 2.13. The molecule has 7 heteroatoms. The van der Waals surface area contributed by atoms with Crippen LogP contribution >= 0.6 is 24.0 Å². The molecule has 0 unspecified atom stereocenters. The fraction of sp³-hybridized carbons (Fsp3) is 0.533. The quantitative estimate of drug-likeness (QED) is 0.306. The average molecular weight is 421 g/mol. The van der Waals surface area contributed by atoms with Gasteiger partial charge in [-0.05, 0) is 31.0 Å². The SMILES string of the molecule is CCOCCCNC(=NC)NCc1ccc2c(c1)OCO2.I. The Balaban J connectivity index is 0.00000242. The molecule has 0 aromatic heterocycles. The van der Waals surface area contributed by atoms with E-state index in [-0.39, 0.29) is 24.0 Å². The van der Waals surface area contributed by atoms with Gasteiger partial charge in [-0.3, -0.25) is 4.99 Å². The molecule has 0 amide bonds. The fourth-order valence-electron chi connectivity index (χ4n) is 1.98. The lowest BCUT2D eigenvalue weighted by atomic mass is 10.2. The van der Waals surface area contributed by atoms with Gasteiger partial charge in [0.1, 0.15) is 0 Å². The van der Waals surface area contributed by atoms with E-state index in [1.807, 2.05) is 25.1 Å².